The SMILES string of the molecule is CCS(=O)C1CCCC(NC(=NC)NCC(c2ccc(Cl)cc2)n2cccn2)C1.I. The maximum absolute atomic E-state index is 12.2. The summed E-state index contributed by atoms with van der Waals surface area (Å²) in [6.07, 6.45) is 7.92. The monoisotopic (exact) mass is 563 g/mol. The lowest BCUT2D eigenvalue weighted by Gasteiger charge is -2.30. The summed E-state index contributed by atoms with van der Waals surface area (Å²) in [5.41, 5.74) is 1.12. The van der Waals surface area contributed by atoms with E-state index < -0.39 is 10.8 Å². The summed E-state index contributed by atoms with van der Waals surface area (Å²) in [7, 11) is 1.05. The van der Waals surface area contributed by atoms with E-state index in [1.165, 1.54) is 0 Å². The van der Waals surface area contributed by atoms with Crippen LogP contribution in [0.4, 0.5) is 0 Å². The molecule has 0 bridgehead atoms. The van der Waals surface area contributed by atoms with Crippen LogP contribution < -0.4 is 10.6 Å². The van der Waals surface area contributed by atoms with Crippen molar-refractivity contribution in [3.8, 4) is 0 Å². The Balaban J connectivity index is 0.00000320. The van der Waals surface area contributed by atoms with E-state index in [-0.39, 0.29) is 35.3 Å². The highest BCUT2D eigenvalue weighted by Crippen LogP contribution is 2.23. The first-order valence-electron chi connectivity index (χ1n) is 10.2. The second-order valence-electron chi connectivity index (χ2n) is 7.31. The lowest BCUT2D eigenvalue weighted by Crippen LogP contribution is -2.47. The number of benzene rings is 1. The Kier molecular flexibility index (Phi) is 10.6. The Morgan fingerprint density at radius 1 is 1.37 bits per heavy atom. The number of halogens is 2. The number of nitrogens with one attached hydrogen (secondary N) is 2. The first-order chi connectivity index (χ1) is 14.1. The van der Waals surface area contributed by atoms with Gasteiger partial charge in [0.05, 0.1) is 6.04 Å². The highest BCUT2D eigenvalue weighted by molar-refractivity contribution is 14.0. The molecule has 2 aromatic rings. The molecular weight excluding hydrogens is 533 g/mol. The third-order valence-electron chi connectivity index (χ3n) is 5.41. The van der Waals surface area contributed by atoms with Crippen molar-refractivity contribution in [2.45, 2.75) is 49.9 Å². The normalized spacial score (nSPS) is 21.4. The van der Waals surface area contributed by atoms with Gasteiger partial charge in [0.2, 0.25) is 0 Å². The summed E-state index contributed by atoms with van der Waals surface area (Å²) in [4.78, 5) is 4.40. The predicted molar refractivity (Wildman–Crippen MR) is 136 cm³/mol. The van der Waals surface area contributed by atoms with Crippen LogP contribution in [0.25, 0.3) is 0 Å². The van der Waals surface area contributed by atoms with Crippen molar-refractivity contribution < 1.29 is 4.21 Å². The van der Waals surface area contributed by atoms with Gasteiger partial charge in [-0.05, 0) is 43.0 Å². The zero-order valence-electron chi connectivity index (χ0n) is 17.5. The molecular formula is C21H31ClIN5OS. The number of guanidine groups is 1. The summed E-state index contributed by atoms with van der Waals surface area (Å²) in [5.74, 6) is 1.50. The zero-order chi connectivity index (χ0) is 20.6. The number of hydrogen-bond donors (Lipinski definition) is 2. The van der Waals surface area contributed by atoms with Gasteiger partial charge in [-0.1, -0.05) is 37.1 Å². The molecule has 1 aromatic heterocycles. The summed E-state index contributed by atoms with van der Waals surface area (Å²) < 4.78 is 14.1. The fourth-order valence-electron chi connectivity index (χ4n) is 3.85. The summed E-state index contributed by atoms with van der Waals surface area (Å²) >= 11 is 6.06. The van der Waals surface area contributed by atoms with E-state index in [0.29, 0.717) is 12.6 Å². The molecule has 166 valence electrons. The number of rotatable bonds is 7. The summed E-state index contributed by atoms with van der Waals surface area (Å²) in [6.45, 7) is 2.64. The van der Waals surface area contributed by atoms with E-state index in [9.17, 15) is 4.21 Å². The maximum Gasteiger partial charge on any atom is 0.191 e. The van der Waals surface area contributed by atoms with Gasteiger partial charge in [-0.25, -0.2) is 0 Å². The van der Waals surface area contributed by atoms with Crippen molar-refractivity contribution in [3.05, 3.63) is 53.3 Å². The van der Waals surface area contributed by atoms with Crippen LogP contribution in [-0.4, -0.2) is 50.6 Å². The van der Waals surface area contributed by atoms with Crippen LogP contribution in [0.3, 0.4) is 0 Å². The van der Waals surface area contributed by atoms with Crippen molar-refractivity contribution in [3.63, 3.8) is 0 Å². The van der Waals surface area contributed by atoms with Crippen LogP contribution in [0.1, 0.15) is 44.2 Å². The minimum atomic E-state index is -0.732. The van der Waals surface area contributed by atoms with Gasteiger partial charge in [-0.2, -0.15) is 5.10 Å². The molecule has 1 fully saturated rings. The number of nitrogens with zero attached hydrogens (tertiary/aromatic N) is 3. The van der Waals surface area contributed by atoms with E-state index in [0.717, 1.165) is 48.0 Å². The molecule has 9 heteroatoms. The molecule has 3 rings (SSSR count). The van der Waals surface area contributed by atoms with Gasteiger partial charge in [0.25, 0.3) is 0 Å². The lowest BCUT2D eigenvalue weighted by molar-refractivity contribution is 0.411. The summed E-state index contributed by atoms with van der Waals surface area (Å²) in [5, 5.41) is 12.4. The molecule has 1 aromatic carbocycles. The average molecular weight is 564 g/mol. The Hall–Kier alpha value is -1.13. The standard InChI is InChI=1S/C21H30ClN5OS.HI/c1-3-29(28)19-7-4-6-18(14-19)26-21(23-2)24-15-20(27-13-5-12-25-27)16-8-10-17(22)11-9-16;/h5,8-13,18-20H,3-4,6-7,14-15H2,1-2H3,(H2,23,24,26);1H. The van der Waals surface area contributed by atoms with Crippen molar-refractivity contribution in [2.75, 3.05) is 19.3 Å². The van der Waals surface area contributed by atoms with Crippen LogP contribution in [0.5, 0.6) is 0 Å². The Morgan fingerprint density at radius 3 is 2.77 bits per heavy atom. The van der Waals surface area contributed by atoms with Crippen molar-refractivity contribution in [2.24, 2.45) is 4.99 Å². The molecule has 4 atom stereocenters. The van der Waals surface area contributed by atoms with Gasteiger partial charge in [-0.15, -0.1) is 24.0 Å². The molecule has 30 heavy (non-hydrogen) atoms. The van der Waals surface area contributed by atoms with E-state index >= 15 is 0 Å². The molecule has 0 radical (unpaired) electrons. The third-order valence-corrected chi connectivity index (χ3v) is 7.40. The molecule has 1 saturated carbocycles. The first kappa shape index (κ1) is 25.1. The van der Waals surface area contributed by atoms with Gasteiger partial charge >= 0.3 is 0 Å². The van der Waals surface area contributed by atoms with E-state index in [1.807, 2.05) is 48.1 Å². The second kappa shape index (κ2) is 12.7. The van der Waals surface area contributed by atoms with E-state index in [1.54, 1.807) is 13.2 Å². The van der Waals surface area contributed by atoms with Crippen LogP contribution >= 0.6 is 35.6 Å². The Labute approximate surface area is 203 Å². The largest absolute Gasteiger partial charge is 0.354 e. The summed E-state index contributed by atoms with van der Waals surface area (Å²) in [6, 6.07) is 10.1. The zero-order valence-corrected chi connectivity index (χ0v) is 21.4. The van der Waals surface area contributed by atoms with Crippen molar-refractivity contribution >= 4 is 52.3 Å². The first-order valence-corrected chi connectivity index (χ1v) is 12.0. The van der Waals surface area contributed by atoms with Crippen molar-refractivity contribution in [1.82, 2.24) is 20.4 Å². The van der Waals surface area contributed by atoms with Crippen LogP contribution in [-0.2, 0) is 10.8 Å². The van der Waals surface area contributed by atoms with Gasteiger partial charge in [0.1, 0.15) is 0 Å². The smallest absolute Gasteiger partial charge is 0.191 e. The third kappa shape index (κ3) is 6.95. The molecule has 0 saturated heterocycles. The lowest BCUT2D eigenvalue weighted by atomic mass is 9.95. The highest BCUT2D eigenvalue weighted by atomic mass is 127. The maximum atomic E-state index is 12.2. The second-order valence-corrected chi connectivity index (χ2v) is 9.75. The van der Waals surface area contributed by atoms with Crippen LogP contribution in [0.2, 0.25) is 5.02 Å². The number of aromatic nitrogens is 2. The quantitative estimate of drug-likeness (QED) is 0.304. The molecule has 1 heterocycles. The predicted octanol–water partition coefficient (Wildman–Crippen LogP) is 3.99. The molecule has 2 N–H and O–H groups in total. The number of aliphatic imine (C=N–C) groups is 1. The molecule has 1 aliphatic carbocycles. The minimum Gasteiger partial charge on any atom is -0.354 e. The molecule has 4 unspecified atom stereocenters. The van der Waals surface area contributed by atoms with E-state index in [4.69, 9.17) is 11.6 Å². The van der Waals surface area contributed by atoms with Gasteiger partial charge in [0, 0.05) is 58.9 Å². The Bertz CT molecular complexity index is 815. The molecule has 6 nitrogen and oxygen atoms in total. The highest BCUT2D eigenvalue weighted by Gasteiger charge is 2.26. The van der Waals surface area contributed by atoms with Gasteiger partial charge in [0.15, 0.2) is 5.96 Å². The van der Waals surface area contributed by atoms with Crippen LogP contribution in [0, 0.1) is 0 Å². The molecule has 0 amide bonds. The molecule has 1 aliphatic rings. The molecule has 0 aliphatic heterocycles. The average Bonchev–Trinajstić information content (AvgIpc) is 3.28. The van der Waals surface area contributed by atoms with Crippen LogP contribution in [0.15, 0.2) is 47.7 Å². The minimum absolute atomic E-state index is 0. The van der Waals surface area contributed by atoms with E-state index in [2.05, 4.69) is 20.7 Å². The Morgan fingerprint density at radius 2 is 2.13 bits per heavy atom. The van der Waals surface area contributed by atoms with Crippen molar-refractivity contribution in [1.29, 1.82) is 0 Å². The fourth-order valence-corrected chi connectivity index (χ4v) is 5.32. The molecule has 0 spiro atoms. The number of hydrogen-bond acceptors (Lipinski definition) is 3. The van der Waals surface area contributed by atoms with Gasteiger partial charge in [-0.3, -0.25) is 13.9 Å². The topological polar surface area (TPSA) is 71.3 Å². The fraction of sp³-hybridized carbons (Fsp3) is 0.524. The van der Waals surface area contributed by atoms with Gasteiger partial charge < -0.3 is 10.6 Å².